The van der Waals surface area contributed by atoms with Crippen molar-refractivity contribution in [1.29, 1.82) is 0 Å². The lowest BCUT2D eigenvalue weighted by Crippen LogP contribution is -2.09. The van der Waals surface area contributed by atoms with Crippen LogP contribution in [0.15, 0.2) is 121 Å². The molecule has 0 fully saturated rings. The number of aromatic nitrogens is 1. The molecule has 0 radical (unpaired) electrons. The van der Waals surface area contributed by atoms with E-state index in [2.05, 4.69) is 94.4 Å². The van der Waals surface area contributed by atoms with Crippen LogP contribution in [0.1, 0.15) is 0 Å². The lowest BCUT2D eigenvalue weighted by molar-refractivity contribution is 1.17. The molecule has 0 saturated carbocycles. The fraction of sp³-hybridized carbons (Fsp3) is 0. The van der Waals surface area contributed by atoms with Crippen molar-refractivity contribution in [3.8, 4) is 5.69 Å². The van der Waals surface area contributed by atoms with Crippen LogP contribution in [0.4, 0.5) is 17.1 Å². The van der Waals surface area contributed by atoms with Gasteiger partial charge < -0.3 is 9.47 Å². The molecule has 0 atom stereocenters. The van der Waals surface area contributed by atoms with Crippen LogP contribution in [0.5, 0.6) is 0 Å². The van der Waals surface area contributed by atoms with Crippen LogP contribution < -0.4 is 4.90 Å². The molecule has 1 aromatic heterocycles. The topological polar surface area (TPSA) is 8.17 Å². The third-order valence-electron chi connectivity index (χ3n) is 6.09. The van der Waals surface area contributed by atoms with Crippen molar-refractivity contribution in [1.82, 2.24) is 4.57 Å². The molecular weight excluding hydrogens is 459 g/mol. The van der Waals surface area contributed by atoms with Gasteiger partial charge >= 0.3 is 0 Å². The maximum Gasteiger partial charge on any atom is 0.0555 e. The van der Waals surface area contributed by atoms with Crippen LogP contribution in [0.3, 0.4) is 0 Å². The highest BCUT2D eigenvalue weighted by Crippen LogP contribution is 2.37. The molecular formula is C30H20Cl2N2. The van der Waals surface area contributed by atoms with Gasteiger partial charge in [0.15, 0.2) is 0 Å². The van der Waals surface area contributed by atoms with E-state index in [0.717, 1.165) is 44.6 Å². The zero-order valence-electron chi connectivity index (χ0n) is 18.2. The van der Waals surface area contributed by atoms with E-state index in [-0.39, 0.29) is 0 Å². The Morgan fingerprint density at radius 1 is 0.471 bits per heavy atom. The highest BCUT2D eigenvalue weighted by atomic mass is 35.5. The maximum absolute atomic E-state index is 6.39. The van der Waals surface area contributed by atoms with Crippen molar-refractivity contribution >= 4 is 62.1 Å². The summed E-state index contributed by atoms with van der Waals surface area (Å²) in [5.41, 5.74) is 6.46. The molecule has 0 bridgehead atoms. The van der Waals surface area contributed by atoms with Gasteiger partial charge in [-0.05, 0) is 72.8 Å². The van der Waals surface area contributed by atoms with Crippen molar-refractivity contribution < 1.29 is 0 Å². The van der Waals surface area contributed by atoms with Gasteiger partial charge in [0.1, 0.15) is 0 Å². The predicted octanol–water partition coefficient (Wildman–Crippen LogP) is 9.56. The first-order valence-corrected chi connectivity index (χ1v) is 11.8. The van der Waals surface area contributed by atoms with Gasteiger partial charge in [-0.2, -0.15) is 0 Å². The molecule has 0 saturated heterocycles. The molecule has 1 heterocycles. The van der Waals surface area contributed by atoms with Crippen LogP contribution in [-0.2, 0) is 0 Å². The number of para-hydroxylation sites is 2. The number of fused-ring (bicyclic) bond motifs is 3. The number of hydrogen-bond donors (Lipinski definition) is 0. The van der Waals surface area contributed by atoms with Crippen molar-refractivity contribution in [3.05, 3.63) is 131 Å². The Hall–Kier alpha value is -3.72. The van der Waals surface area contributed by atoms with E-state index in [1.165, 1.54) is 0 Å². The minimum absolute atomic E-state index is 0.707. The smallest absolute Gasteiger partial charge is 0.0555 e. The van der Waals surface area contributed by atoms with Gasteiger partial charge in [-0.15, -0.1) is 0 Å². The molecule has 0 amide bonds. The second-order valence-electron chi connectivity index (χ2n) is 8.18. The number of anilines is 3. The lowest BCUT2D eigenvalue weighted by atomic mass is 10.1. The van der Waals surface area contributed by atoms with Crippen LogP contribution in [0.2, 0.25) is 10.0 Å². The van der Waals surface area contributed by atoms with Crippen LogP contribution in [-0.4, -0.2) is 4.57 Å². The first kappa shape index (κ1) is 20.9. The summed E-state index contributed by atoms with van der Waals surface area (Å²) in [4.78, 5) is 2.25. The van der Waals surface area contributed by atoms with Gasteiger partial charge in [-0.25, -0.2) is 0 Å². The number of halogens is 2. The molecule has 0 aliphatic rings. The third kappa shape index (κ3) is 3.62. The molecule has 5 aromatic carbocycles. The Bertz CT molecular complexity index is 1510. The zero-order valence-corrected chi connectivity index (χ0v) is 19.7. The Morgan fingerprint density at radius 3 is 1.38 bits per heavy atom. The normalized spacial score (nSPS) is 11.2. The average Bonchev–Trinajstić information content (AvgIpc) is 3.18. The molecule has 6 aromatic rings. The molecule has 34 heavy (non-hydrogen) atoms. The fourth-order valence-electron chi connectivity index (χ4n) is 4.60. The summed E-state index contributed by atoms with van der Waals surface area (Å²) >= 11 is 12.8. The summed E-state index contributed by atoms with van der Waals surface area (Å²) in [5, 5.41) is 3.71. The number of nitrogens with zero attached hydrogens (tertiary/aromatic N) is 2. The standard InChI is InChI=1S/C30H20Cl2N2/c31-21-11-17-27-28-18-12-22(32)20-30(28)34(29(27)19-21)26-15-13-25(14-16-26)33(23-7-3-1-4-8-23)24-9-5-2-6-10-24/h1-20H. The second-order valence-corrected chi connectivity index (χ2v) is 9.05. The third-order valence-corrected chi connectivity index (χ3v) is 6.56. The molecule has 0 aliphatic heterocycles. The summed E-state index contributed by atoms with van der Waals surface area (Å²) in [6.45, 7) is 0. The van der Waals surface area contributed by atoms with Crippen molar-refractivity contribution in [2.24, 2.45) is 0 Å². The Balaban J connectivity index is 1.52. The van der Waals surface area contributed by atoms with Crippen molar-refractivity contribution in [2.45, 2.75) is 0 Å². The van der Waals surface area contributed by atoms with Gasteiger partial charge in [0.05, 0.1) is 11.0 Å². The van der Waals surface area contributed by atoms with E-state index in [9.17, 15) is 0 Å². The summed E-state index contributed by atoms with van der Waals surface area (Å²) in [6.07, 6.45) is 0. The Labute approximate surface area is 208 Å². The van der Waals surface area contributed by atoms with Gasteiger partial charge in [0.25, 0.3) is 0 Å². The van der Waals surface area contributed by atoms with Gasteiger partial charge in [-0.1, -0.05) is 71.7 Å². The Morgan fingerprint density at radius 2 is 0.912 bits per heavy atom. The molecule has 0 aliphatic carbocycles. The minimum atomic E-state index is 0.707. The monoisotopic (exact) mass is 478 g/mol. The SMILES string of the molecule is Clc1ccc2c3ccc(Cl)cc3n(-c3ccc(N(c4ccccc4)c4ccccc4)cc3)c2c1. The molecule has 6 rings (SSSR count). The van der Waals surface area contributed by atoms with Gasteiger partial charge in [0.2, 0.25) is 0 Å². The van der Waals surface area contributed by atoms with Gasteiger partial charge in [-0.3, -0.25) is 0 Å². The Kier molecular flexibility index (Phi) is 5.26. The van der Waals surface area contributed by atoms with Gasteiger partial charge in [0, 0.05) is 43.6 Å². The highest BCUT2D eigenvalue weighted by Gasteiger charge is 2.15. The summed E-state index contributed by atoms with van der Waals surface area (Å²) < 4.78 is 2.22. The second kappa shape index (κ2) is 8.57. The molecule has 0 unspecified atom stereocenters. The van der Waals surface area contributed by atoms with Crippen LogP contribution in [0.25, 0.3) is 27.5 Å². The number of hydrogen-bond acceptors (Lipinski definition) is 1. The summed E-state index contributed by atoms with van der Waals surface area (Å²) in [5.74, 6) is 0. The van der Waals surface area contributed by atoms with E-state index >= 15 is 0 Å². The van der Waals surface area contributed by atoms with Crippen LogP contribution in [0, 0.1) is 0 Å². The lowest BCUT2D eigenvalue weighted by Gasteiger charge is -2.25. The molecule has 0 spiro atoms. The maximum atomic E-state index is 6.39. The highest BCUT2D eigenvalue weighted by molar-refractivity contribution is 6.32. The molecule has 2 nitrogen and oxygen atoms in total. The average molecular weight is 479 g/mol. The first-order chi connectivity index (χ1) is 16.7. The summed E-state index contributed by atoms with van der Waals surface area (Å²) in [6, 6.07) is 41.5. The first-order valence-electron chi connectivity index (χ1n) is 11.1. The van der Waals surface area contributed by atoms with E-state index in [0.29, 0.717) is 10.0 Å². The predicted molar refractivity (Wildman–Crippen MR) is 145 cm³/mol. The minimum Gasteiger partial charge on any atom is -0.311 e. The van der Waals surface area contributed by atoms with E-state index in [1.54, 1.807) is 0 Å². The zero-order chi connectivity index (χ0) is 23.1. The fourth-order valence-corrected chi connectivity index (χ4v) is 4.93. The largest absolute Gasteiger partial charge is 0.311 e. The van der Waals surface area contributed by atoms with E-state index in [4.69, 9.17) is 23.2 Å². The molecule has 4 heteroatoms. The summed E-state index contributed by atoms with van der Waals surface area (Å²) in [7, 11) is 0. The van der Waals surface area contributed by atoms with Crippen LogP contribution >= 0.6 is 23.2 Å². The van der Waals surface area contributed by atoms with E-state index in [1.807, 2.05) is 36.4 Å². The number of rotatable bonds is 4. The van der Waals surface area contributed by atoms with Crippen molar-refractivity contribution in [2.75, 3.05) is 4.90 Å². The molecule has 164 valence electrons. The van der Waals surface area contributed by atoms with Crippen molar-refractivity contribution in [3.63, 3.8) is 0 Å². The molecule has 0 N–H and O–H groups in total. The number of benzene rings is 5. The quantitative estimate of drug-likeness (QED) is 0.244. The van der Waals surface area contributed by atoms with E-state index < -0.39 is 0 Å².